The summed E-state index contributed by atoms with van der Waals surface area (Å²) in [6.45, 7) is 7.18. The number of nitrogens with zero attached hydrogens (tertiary/aromatic N) is 3. The second-order valence-electron chi connectivity index (χ2n) is 8.12. The Balaban J connectivity index is 1.34. The van der Waals surface area contributed by atoms with Crippen molar-refractivity contribution in [3.8, 4) is 5.75 Å². The van der Waals surface area contributed by atoms with Crippen LogP contribution in [0.1, 0.15) is 21.7 Å². The van der Waals surface area contributed by atoms with Crippen molar-refractivity contribution in [1.29, 1.82) is 0 Å². The predicted octanol–water partition coefficient (Wildman–Crippen LogP) is 4.57. The van der Waals surface area contributed by atoms with E-state index in [1.165, 1.54) is 16.8 Å². The van der Waals surface area contributed by atoms with E-state index in [-0.39, 0.29) is 5.91 Å². The van der Waals surface area contributed by atoms with Crippen molar-refractivity contribution in [2.45, 2.75) is 13.8 Å². The number of benzene rings is 2. The highest BCUT2D eigenvalue weighted by Gasteiger charge is 2.25. The maximum Gasteiger partial charge on any atom is 0.289 e. The van der Waals surface area contributed by atoms with Gasteiger partial charge in [-0.15, -0.1) is 0 Å². The van der Waals surface area contributed by atoms with Gasteiger partial charge in [-0.1, -0.05) is 17.7 Å². The Labute approximate surface area is 181 Å². The van der Waals surface area contributed by atoms with E-state index in [4.69, 9.17) is 9.15 Å². The van der Waals surface area contributed by atoms with Crippen LogP contribution in [0.4, 0.5) is 5.69 Å². The first-order valence-electron chi connectivity index (χ1n) is 10.5. The van der Waals surface area contributed by atoms with Crippen LogP contribution in [0.15, 0.2) is 52.9 Å². The molecule has 1 amide bonds. The highest BCUT2D eigenvalue weighted by Crippen LogP contribution is 2.27. The molecule has 2 aromatic carbocycles. The average molecular weight is 415 g/mol. The number of piperazine rings is 1. The highest BCUT2D eigenvalue weighted by molar-refractivity contribution is 5.98. The lowest BCUT2D eigenvalue weighted by molar-refractivity contribution is 0.0717. The molecule has 0 bridgehead atoms. The van der Waals surface area contributed by atoms with Crippen LogP contribution < -0.4 is 9.64 Å². The molecule has 1 aliphatic heterocycles. The van der Waals surface area contributed by atoms with Gasteiger partial charge < -0.3 is 19.0 Å². The molecule has 1 saturated heterocycles. The van der Waals surface area contributed by atoms with Crippen LogP contribution >= 0.6 is 0 Å². The summed E-state index contributed by atoms with van der Waals surface area (Å²) in [5, 5.41) is 1.77. The molecule has 4 aromatic rings. The van der Waals surface area contributed by atoms with Crippen molar-refractivity contribution in [2.24, 2.45) is 0 Å². The van der Waals surface area contributed by atoms with Crippen LogP contribution in [0.3, 0.4) is 0 Å². The third kappa shape index (κ3) is 3.58. The lowest BCUT2D eigenvalue weighted by Crippen LogP contribution is -2.48. The van der Waals surface area contributed by atoms with E-state index < -0.39 is 0 Å². The van der Waals surface area contributed by atoms with Crippen molar-refractivity contribution in [2.75, 3.05) is 38.2 Å². The molecule has 2 aromatic heterocycles. The maximum atomic E-state index is 13.1. The number of anilines is 1. The summed E-state index contributed by atoms with van der Waals surface area (Å²) in [5.74, 6) is 1.03. The van der Waals surface area contributed by atoms with Crippen molar-refractivity contribution >= 4 is 33.6 Å². The van der Waals surface area contributed by atoms with E-state index >= 15 is 0 Å². The van der Waals surface area contributed by atoms with Crippen LogP contribution in [0.5, 0.6) is 5.75 Å². The summed E-state index contributed by atoms with van der Waals surface area (Å²) in [7, 11) is 1.64. The lowest BCUT2D eigenvalue weighted by atomic mass is 10.1. The fraction of sp³-hybridized carbons (Fsp3) is 0.280. The number of carbonyl (C=O) groups is 1. The molecule has 0 unspecified atom stereocenters. The Morgan fingerprint density at radius 1 is 0.968 bits per heavy atom. The van der Waals surface area contributed by atoms with Crippen molar-refractivity contribution in [1.82, 2.24) is 9.88 Å². The lowest BCUT2D eigenvalue weighted by Gasteiger charge is -2.36. The summed E-state index contributed by atoms with van der Waals surface area (Å²) in [4.78, 5) is 21.9. The van der Waals surface area contributed by atoms with E-state index in [0.717, 1.165) is 35.1 Å². The smallest absolute Gasteiger partial charge is 0.289 e. The van der Waals surface area contributed by atoms with Crippen molar-refractivity contribution in [3.63, 3.8) is 0 Å². The Morgan fingerprint density at radius 3 is 2.52 bits per heavy atom. The van der Waals surface area contributed by atoms with Gasteiger partial charge in [-0.05, 0) is 55.8 Å². The number of fused-ring (bicyclic) bond motifs is 2. The molecule has 31 heavy (non-hydrogen) atoms. The molecule has 0 spiro atoms. The molecule has 6 heteroatoms. The number of ether oxygens (including phenoxy) is 1. The van der Waals surface area contributed by atoms with Gasteiger partial charge in [0.2, 0.25) is 5.71 Å². The second-order valence-corrected chi connectivity index (χ2v) is 8.12. The summed E-state index contributed by atoms with van der Waals surface area (Å²) in [6.07, 6.45) is 0. The van der Waals surface area contributed by atoms with Gasteiger partial charge in [0.1, 0.15) is 5.75 Å². The van der Waals surface area contributed by atoms with Crippen LogP contribution in [-0.2, 0) is 0 Å². The monoisotopic (exact) mass is 415 g/mol. The van der Waals surface area contributed by atoms with Crippen LogP contribution in [0.2, 0.25) is 0 Å². The molecule has 5 rings (SSSR count). The molecule has 0 saturated carbocycles. The van der Waals surface area contributed by atoms with E-state index in [1.807, 2.05) is 29.2 Å². The summed E-state index contributed by atoms with van der Waals surface area (Å²) < 4.78 is 11.1. The van der Waals surface area contributed by atoms with Crippen LogP contribution in [0.25, 0.3) is 22.0 Å². The molecular formula is C25H25N3O3. The maximum absolute atomic E-state index is 13.1. The summed E-state index contributed by atoms with van der Waals surface area (Å²) in [6, 6.07) is 16.0. The Hall–Kier alpha value is -3.54. The topological polar surface area (TPSA) is 58.8 Å². The number of methoxy groups -OCH3 is 1. The number of pyridine rings is 1. The van der Waals surface area contributed by atoms with Crippen molar-refractivity contribution < 1.29 is 13.9 Å². The summed E-state index contributed by atoms with van der Waals surface area (Å²) in [5.41, 5.74) is 5.07. The zero-order valence-electron chi connectivity index (χ0n) is 18.0. The minimum Gasteiger partial charge on any atom is -0.497 e. The third-order valence-electron chi connectivity index (χ3n) is 5.98. The Kier molecular flexibility index (Phi) is 4.77. The molecule has 3 heterocycles. The van der Waals surface area contributed by atoms with Gasteiger partial charge in [-0.3, -0.25) is 4.79 Å². The number of rotatable bonds is 3. The van der Waals surface area contributed by atoms with Gasteiger partial charge in [-0.25, -0.2) is 4.98 Å². The Morgan fingerprint density at radius 2 is 1.77 bits per heavy atom. The Bertz CT molecular complexity index is 1290. The minimum absolute atomic E-state index is 0.0834. The number of carbonyl (C=O) groups excluding carboxylic acids is 1. The van der Waals surface area contributed by atoms with Gasteiger partial charge >= 0.3 is 0 Å². The number of amides is 1. The first-order valence-corrected chi connectivity index (χ1v) is 10.5. The summed E-state index contributed by atoms with van der Waals surface area (Å²) >= 11 is 0. The first kappa shape index (κ1) is 19.4. The number of furan rings is 1. The second kappa shape index (κ2) is 7.61. The zero-order chi connectivity index (χ0) is 21.5. The fourth-order valence-electron chi connectivity index (χ4n) is 4.31. The quantitative estimate of drug-likeness (QED) is 0.491. The normalized spacial score (nSPS) is 14.4. The molecule has 6 nitrogen and oxygen atoms in total. The molecule has 0 atom stereocenters. The zero-order valence-corrected chi connectivity index (χ0v) is 18.0. The van der Waals surface area contributed by atoms with Gasteiger partial charge in [0.25, 0.3) is 5.91 Å². The molecule has 0 aliphatic carbocycles. The standard InChI is InChI=1S/C25H25N3O3/c1-16-4-7-22(17(2)12-16)27-8-10-28(11-9-27)25(29)23-15-19-13-18-14-20(30-3)5-6-21(18)26-24(19)31-23/h4-7,12-15H,8-11H2,1-3H3. The minimum atomic E-state index is -0.0834. The van der Waals surface area contributed by atoms with Crippen LogP contribution in [0, 0.1) is 13.8 Å². The average Bonchev–Trinajstić information content (AvgIpc) is 3.19. The van der Waals surface area contributed by atoms with Gasteiger partial charge in [0, 0.05) is 42.6 Å². The number of aromatic nitrogens is 1. The molecule has 158 valence electrons. The molecule has 1 fully saturated rings. The van der Waals surface area contributed by atoms with E-state index in [1.54, 1.807) is 13.2 Å². The number of hydrogen-bond donors (Lipinski definition) is 0. The number of hydrogen-bond acceptors (Lipinski definition) is 5. The largest absolute Gasteiger partial charge is 0.497 e. The van der Waals surface area contributed by atoms with E-state index in [0.29, 0.717) is 24.6 Å². The van der Waals surface area contributed by atoms with E-state index in [9.17, 15) is 4.79 Å². The third-order valence-corrected chi connectivity index (χ3v) is 5.98. The van der Waals surface area contributed by atoms with Crippen molar-refractivity contribution in [3.05, 3.63) is 65.4 Å². The first-order chi connectivity index (χ1) is 15.0. The number of aryl methyl sites for hydroxylation is 2. The fourth-order valence-corrected chi connectivity index (χ4v) is 4.31. The van der Waals surface area contributed by atoms with Gasteiger partial charge in [0.05, 0.1) is 12.6 Å². The van der Waals surface area contributed by atoms with E-state index in [2.05, 4.69) is 41.9 Å². The van der Waals surface area contributed by atoms with Gasteiger partial charge in [0.15, 0.2) is 5.76 Å². The highest BCUT2D eigenvalue weighted by atomic mass is 16.5. The molecule has 1 aliphatic rings. The molecular weight excluding hydrogens is 390 g/mol. The molecule has 0 radical (unpaired) electrons. The SMILES string of the molecule is COc1ccc2nc3oc(C(=O)N4CCN(c5ccc(C)cc5C)CC4)cc3cc2c1. The predicted molar refractivity (Wildman–Crippen MR) is 122 cm³/mol. The van der Waals surface area contributed by atoms with Crippen LogP contribution in [-0.4, -0.2) is 49.1 Å². The molecule has 0 N–H and O–H groups in total. The van der Waals surface area contributed by atoms with Gasteiger partial charge in [-0.2, -0.15) is 0 Å².